The van der Waals surface area contributed by atoms with Crippen LogP contribution in [-0.4, -0.2) is 9.55 Å². The third kappa shape index (κ3) is 1.36. The Morgan fingerprint density at radius 2 is 2.56 bits per heavy atom. The van der Waals surface area contributed by atoms with Gasteiger partial charge in [-0.05, 0) is 0 Å². The Morgan fingerprint density at radius 3 is 3.00 bits per heavy atom. The third-order valence-corrected chi connectivity index (χ3v) is 1.52. The highest BCUT2D eigenvalue weighted by molar-refractivity contribution is 7.80. The normalized spacial score (nSPS) is 13.0. The lowest BCUT2D eigenvalue weighted by atomic mass is 10.6. The Labute approximate surface area is 59.6 Å². The summed E-state index contributed by atoms with van der Waals surface area (Å²) < 4.78 is 1.86. The van der Waals surface area contributed by atoms with Crippen LogP contribution >= 0.6 is 12.6 Å². The lowest BCUT2D eigenvalue weighted by Crippen LogP contribution is -1.93. The molecule has 0 fully saturated rings. The zero-order valence-corrected chi connectivity index (χ0v) is 5.83. The molecule has 0 N–H and O–H groups in total. The smallest absolute Gasteiger partial charge is 0.0958 e. The minimum Gasteiger partial charge on any atom is -0.322 e. The molecule has 48 valence electrons. The van der Waals surface area contributed by atoms with Crippen molar-refractivity contribution in [3.05, 3.63) is 31.4 Å². The fourth-order valence-electron chi connectivity index (χ4n) is 0.548. The van der Waals surface area contributed by atoms with Crippen LogP contribution in [0.5, 0.6) is 0 Å². The van der Waals surface area contributed by atoms with Crippen LogP contribution in [0.15, 0.2) is 31.4 Å². The molecule has 1 atom stereocenters. The van der Waals surface area contributed by atoms with E-state index in [1.54, 1.807) is 18.6 Å². The second kappa shape index (κ2) is 2.73. The van der Waals surface area contributed by atoms with Gasteiger partial charge in [0.15, 0.2) is 0 Å². The van der Waals surface area contributed by atoms with E-state index in [9.17, 15) is 0 Å². The minimum atomic E-state index is 0.0486. The number of aromatic nitrogens is 2. The summed E-state index contributed by atoms with van der Waals surface area (Å²) in [6, 6.07) is 0. The van der Waals surface area contributed by atoms with Crippen molar-refractivity contribution in [2.75, 3.05) is 0 Å². The van der Waals surface area contributed by atoms with Crippen LogP contribution in [0, 0.1) is 0 Å². The van der Waals surface area contributed by atoms with Gasteiger partial charge in [0.1, 0.15) is 0 Å². The summed E-state index contributed by atoms with van der Waals surface area (Å²) in [5, 5.41) is 0.0486. The Hall–Kier alpha value is -0.700. The van der Waals surface area contributed by atoms with Gasteiger partial charge in [-0.2, -0.15) is 12.6 Å². The Balaban J connectivity index is 2.76. The molecule has 9 heavy (non-hydrogen) atoms. The van der Waals surface area contributed by atoms with Gasteiger partial charge in [0.2, 0.25) is 0 Å². The van der Waals surface area contributed by atoms with Crippen molar-refractivity contribution in [1.82, 2.24) is 9.55 Å². The van der Waals surface area contributed by atoms with E-state index >= 15 is 0 Å². The summed E-state index contributed by atoms with van der Waals surface area (Å²) in [5.74, 6) is 0. The highest BCUT2D eigenvalue weighted by Gasteiger charge is 1.94. The van der Waals surface area contributed by atoms with Crippen LogP contribution in [0.2, 0.25) is 0 Å². The first-order valence-electron chi connectivity index (χ1n) is 2.62. The summed E-state index contributed by atoms with van der Waals surface area (Å²) in [7, 11) is 0. The largest absolute Gasteiger partial charge is 0.322 e. The molecule has 2 nitrogen and oxygen atoms in total. The van der Waals surface area contributed by atoms with Crippen molar-refractivity contribution >= 4 is 12.6 Å². The molecule has 0 amide bonds. The van der Waals surface area contributed by atoms with Gasteiger partial charge in [-0.25, -0.2) is 4.98 Å². The first-order chi connectivity index (χ1) is 4.34. The number of hydrogen-bond donors (Lipinski definition) is 1. The van der Waals surface area contributed by atoms with E-state index in [1.165, 1.54) is 0 Å². The van der Waals surface area contributed by atoms with Crippen molar-refractivity contribution in [3.63, 3.8) is 0 Å². The predicted molar refractivity (Wildman–Crippen MR) is 40.4 cm³/mol. The van der Waals surface area contributed by atoms with E-state index in [2.05, 4.69) is 24.2 Å². The number of hydrogen-bond acceptors (Lipinski definition) is 2. The Bertz CT molecular complexity index is 181. The monoisotopic (exact) mass is 140 g/mol. The summed E-state index contributed by atoms with van der Waals surface area (Å²) in [5.41, 5.74) is 0. The first kappa shape index (κ1) is 6.42. The molecule has 1 aromatic rings. The first-order valence-corrected chi connectivity index (χ1v) is 3.14. The van der Waals surface area contributed by atoms with E-state index < -0.39 is 0 Å². The molecule has 0 saturated heterocycles. The van der Waals surface area contributed by atoms with Crippen molar-refractivity contribution in [1.29, 1.82) is 0 Å². The highest BCUT2D eigenvalue weighted by Crippen LogP contribution is 2.09. The van der Waals surface area contributed by atoms with Crippen LogP contribution < -0.4 is 0 Å². The quantitative estimate of drug-likeness (QED) is 0.487. The van der Waals surface area contributed by atoms with Crippen molar-refractivity contribution in [3.8, 4) is 0 Å². The minimum absolute atomic E-state index is 0.0486. The number of nitrogens with zero attached hydrogens (tertiary/aromatic N) is 2. The second-order valence-electron chi connectivity index (χ2n) is 1.66. The molecule has 0 spiro atoms. The maximum Gasteiger partial charge on any atom is 0.0958 e. The number of thiol groups is 1. The Kier molecular flexibility index (Phi) is 1.95. The van der Waals surface area contributed by atoms with Gasteiger partial charge in [-0.15, -0.1) is 6.58 Å². The van der Waals surface area contributed by atoms with Crippen LogP contribution in [0.4, 0.5) is 0 Å². The molecule has 1 aromatic heterocycles. The maximum atomic E-state index is 4.19. The van der Waals surface area contributed by atoms with Gasteiger partial charge in [0, 0.05) is 12.4 Å². The van der Waals surface area contributed by atoms with E-state index in [4.69, 9.17) is 0 Å². The number of imidazole rings is 1. The molecule has 0 radical (unpaired) electrons. The lowest BCUT2D eigenvalue weighted by molar-refractivity contribution is 0.805. The molecule has 0 aliphatic heterocycles. The molecule has 1 unspecified atom stereocenters. The van der Waals surface area contributed by atoms with Crippen molar-refractivity contribution in [2.45, 2.75) is 5.37 Å². The summed E-state index contributed by atoms with van der Waals surface area (Å²) >= 11 is 4.19. The van der Waals surface area contributed by atoms with Crippen LogP contribution in [-0.2, 0) is 0 Å². The topological polar surface area (TPSA) is 17.8 Å². The zero-order valence-electron chi connectivity index (χ0n) is 4.94. The molecule has 1 heterocycles. The van der Waals surface area contributed by atoms with E-state index in [0.717, 1.165) is 0 Å². The van der Waals surface area contributed by atoms with Crippen LogP contribution in [0.1, 0.15) is 5.37 Å². The fourth-order valence-corrected chi connectivity index (χ4v) is 0.684. The molecule has 0 aromatic carbocycles. The summed E-state index contributed by atoms with van der Waals surface area (Å²) in [6.45, 7) is 3.59. The standard InChI is InChI=1S/C6H8N2S/c1-2-6(9)8-4-3-7-5-8/h2-6,9H,1H2. The lowest BCUT2D eigenvalue weighted by Gasteiger charge is -2.03. The molecule has 0 aliphatic rings. The average molecular weight is 140 g/mol. The van der Waals surface area contributed by atoms with Gasteiger partial charge >= 0.3 is 0 Å². The molecule has 0 saturated carbocycles. The highest BCUT2D eigenvalue weighted by atomic mass is 32.1. The summed E-state index contributed by atoms with van der Waals surface area (Å²) in [4.78, 5) is 3.86. The molecule has 3 heteroatoms. The van der Waals surface area contributed by atoms with Gasteiger partial charge in [-0.3, -0.25) is 0 Å². The maximum absolute atomic E-state index is 4.19. The molecule has 0 bridgehead atoms. The second-order valence-corrected chi connectivity index (χ2v) is 2.19. The van der Waals surface area contributed by atoms with Crippen LogP contribution in [0.25, 0.3) is 0 Å². The fraction of sp³-hybridized carbons (Fsp3) is 0.167. The van der Waals surface area contributed by atoms with Gasteiger partial charge in [0.25, 0.3) is 0 Å². The van der Waals surface area contributed by atoms with E-state index in [-0.39, 0.29) is 5.37 Å². The molecule has 0 aliphatic carbocycles. The summed E-state index contributed by atoms with van der Waals surface area (Å²) in [6.07, 6.45) is 7.01. The molecular formula is C6H8N2S. The van der Waals surface area contributed by atoms with Crippen molar-refractivity contribution in [2.24, 2.45) is 0 Å². The van der Waals surface area contributed by atoms with Gasteiger partial charge in [-0.1, -0.05) is 6.08 Å². The average Bonchev–Trinajstić information content (AvgIpc) is 2.37. The molecular weight excluding hydrogens is 132 g/mol. The van der Waals surface area contributed by atoms with Gasteiger partial charge in [0.05, 0.1) is 11.7 Å². The van der Waals surface area contributed by atoms with E-state index in [1.807, 2.05) is 10.8 Å². The van der Waals surface area contributed by atoms with Crippen LogP contribution in [0.3, 0.4) is 0 Å². The third-order valence-electron chi connectivity index (χ3n) is 1.04. The van der Waals surface area contributed by atoms with Gasteiger partial charge < -0.3 is 4.57 Å². The van der Waals surface area contributed by atoms with E-state index in [0.29, 0.717) is 0 Å². The zero-order chi connectivity index (χ0) is 6.69. The van der Waals surface area contributed by atoms with Crippen molar-refractivity contribution < 1.29 is 0 Å². The SMILES string of the molecule is C=CC(S)n1ccnc1. The predicted octanol–water partition coefficient (Wildman–Crippen LogP) is 1.50. The Morgan fingerprint density at radius 1 is 1.78 bits per heavy atom. The molecule has 1 rings (SSSR count). The number of rotatable bonds is 2.